The maximum atomic E-state index is 6.27. The van der Waals surface area contributed by atoms with Crippen molar-refractivity contribution in [3.05, 3.63) is 64.9 Å². The first-order valence-corrected chi connectivity index (χ1v) is 8.62. The molecule has 0 bridgehead atoms. The zero-order valence-electron chi connectivity index (χ0n) is 13.6. The third kappa shape index (κ3) is 3.25. The number of rotatable bonds is 5. The van der Waals surface area contributed by atoms with Crippen molar-refractivity contribution < 1.29 is 9.26 Å². The number of hydrogen-bond acceptors (Lipinski definition) is 5. The highest BCUT2D eigenvalue weighted by Gasteiger charge is 2.39. The van der Waals surface area contributed by atoms with Crippen molar-refractivity contribution in [2.24, 2.45) is 5.73 Å². The third-order valence-electron chi connectivity index (χ3n) is 4.54. The molecule has 1 aliphatic rings. The first-order valence-electron chi connectivity index (χ1n) is 8.24. The molecular weight excluding hydrogens is 338 g/mol. The van der Waals surface area contributed by atoms with Gasteiger partial charge in [0.15, 0.2) is 5.82 Å². The summed E-state index contributed by atoms with van der Waals surface area (Å²) in [7, 11) is 0. The van der Waals surface area contributed by atoms with Gasteiger partial charge in [-0.1, -0.05) is 41.0 Å². The zero-order chi connectivity index (χ0) is 17.3. The summed E-state index contributed by atoms with van der Waals surface area (Å²) in [6.45, 7) is 0.427. The Morgan fingerprint density at radius 3 is 2.60 bits per heavy atom. The Morgan fingerprint density at radius 2 is 1.88 bits per heavy atom. The highest BCUT2D eigenvalue weighted by atomic mass is 35.5. The number of halogens is 1. The molecule has 128 valence electrons. The lowest BCUT2D eigenvalue weighted by molar-refractivity contribution is 0.229. The Hall–Kier alpha value is -2.37. The number of nitrogens with zero attached hydrogens (tertiary/aromatic N) is 2. The van der Waals surface area contributed by atoms with E-state index in [1.54, 1.807) is 0 Å². The smallest absolute Gasteiger partial charge is 0.261 e. The Balaban J connectivity index is 1.55. The fourth-order valence-corrected chi connectivity index (χ4v) is 2.95. The molecule has 2 aromatic carbocycles. The summed E-state index contributed by atoms with van der Waals surface area (Å²) in [6, 6.07) is 15.2. The van der Waals surface area contributed by atoms with Crippen molar-refractivity contribution in [1.29, 1.82) is 0 Å². The maximum absolute atomic E-state index is 6.27. The van der Waals surface area contributed by atoms with Crippen LogP contribution in [0.5, 0.6) is 5.75 Å². The summed E-state index contributed by atoms with van der Waals surface area (Å²) in [5.74, 6) is 1.69. The second-order valence-electron chi connectivity index (χ2n) is 6.34. The highest BCUT2D eigenvalue weighted by molar-refractivity contribution is 6.30. The molecule has 3 aromatic rings. The summed E-state index contributed by atoms with van der Waals surface area (Å²) in [5.41, 5.74) is 7.62. The molecular formula is C19H18ClN3O2. The summed E-state index contributed by atoms with van der Waals surface area (Å²) in [6.07, 6.45) is 2.88. The van der Waals surface area contributed by atoms with Crippen LogP contribution in [0.25, 0.3) is 11.5 Å². The summed E-state index contributed by atoms with van der Waals surface area (Å²) >= 11 is 5.91. The molecule has 5 nitrogen and oxygen atoms in total. The zero-order valence-corrected chi connectivity index (χ0v) is 14.4. The minimum atomic E-state index is -0.444. The fraction of sp³-hybridized carbons (Fsp3) is 0.263. The van der Waals surface area contributed by atoms with E-state index in [0.29, 0.717) is 29.1 Å². The molecule has 25 heavy (non-hydrogen) atoms. The predicted octanol–water partition coefficient (Wildman–Crippen LogP) is 4.31. The molecule has 0 atom stereocenters. The first-order chi connectivity index (χ1) is 12.1. The molecule has 0 radical (unpaired) electrons. The Labute approximate surface area is 150 Å². The predicted molar refractivity (Wildman–Crippen MR) is 95.2 cm³/mol. The first kappa shape index (κ1) is 16.1. The molecule has 4 rings (SSSR count). The van der Waals surface area contributed by atoms with Crippen LogP contribution in [0.3, 0.4) is 0 Å². The van der Waals surface area contributed by atoms with Crippen LogP contribution in [0.15, 0.2) is 53.1 Å². The molecule has 1 saturated carbocycles. The highest BCUT2D eigenvalue weighted by Crippen LogP contribution is 2.38. The van der Waals surface area contributed by atoms with Gasteiger partial charge in [-0.3, -0.25) is 0 Å². The molecule has 0 spiro atoms. The van der Waals surface area contributed by atoms with E-state index in [-0.39, 0.29) is 0 Å². The minimum absolute atomic E-state index is 0.427. The van der Waals surface area contributed by atoms with Crippen molar-refractivity contribution in [2.45, 2.75) is 31.4 Å². The molecule has 6 heteroatoms. The van der Waals surface area contributed by atoms with Crippen molar-refractivity contribution in [3.63, 3.8) is 0 Å². The Morgan fingerprint density at radius 1 is 1.12 bits per heavy atom. The van der Waals surface area contributed by atoms with E-state index >= 15 is 0 Å². The average molecular weight is 356 g/mol. The maximum Gasteiger partial charge on any atom is 0.261 e. The fourth-order valence-electron chi connectivity index (χ4n) is 2.83. The van der Waals surface area contributed by atoms with Gasteiger partial charge in [0.2, 0.25) is 0 Å². The number of hydrogen-bond donors (Lipinski definition) is 1. The number of nitrogens with two attached hydrogens (primary N) is 1. The Kier molecular flexibility index (Phi) is 4.19. The number of aromatic nitrogens is 2. The van der Waals surface area contributed by atoms with Crippen LogP contribution in [0.1, 0.15) is 30.7 Å². The summed E-state index contributed by atoms with van der Waals surface area (Å²) in [4.78, 5) is 4.50. The van der Waals surface area contributed by atoms with Crippen LogP contribution >= 0.6 is 11.6 Å². The van der Waals surface area contributed by atoms with Gasteiger partial charge in [-0.2, -0.15) is 4.98 Å². The molecule has 1 heterocycles. The van der Waals surface area contributed by atoms with Crippen LogP contribution in [0.2, 0.25) is 5.02 Å². The van der Waals surface area contributed by atoms with Gasteiger partial charge in [-0.25, -0.2) is 0 Å². The van der Waals surface area contributed by atoms with E-state index in [1.807, 2.05) is 48.5 Å². The van der Waals surface area contributed by atoms with E-state index in [9.17, 15) is 0 Å². The van der Waals surface area contributed by atoms with Crippen LogP contribution in [0.4, 0.5) is 0 Å². The summed E-state index contributed by atoms with van der Waals surface area (Å²) in [5, 5.41) is 4.78. The van der Waals surface area contributed by atoms with Gasteiger partial charge in [0.05, 0.1) is 11.1 Å². The molecule has 1 aromatic heterocycles. The van der Waals surface area contributed by atoms with E-state index < -0.39 is 5.54 Å². The van der Waals surface area contributed by atoms with Gasteiger partial charge in [0.25, 0.3) is 5.89 Å². The SMILES string of the molecule is NC1(c2noc(-c3ccccc3OCc3ccc(Cl)cc3)n2)CCC1. The number of para-hydroxylation sites is 1. The average Bonchev–Trinajstić information content (AvgIpc) is 3.10. The normalized spacial score (nSPS) is 15.6. The standard InChI is InChI=1S/C19H18ClN3O2/c20-14-8-6-13(7-9-14)12-24-16-5-2-1-4-15(16)17-22-18(23-25-17)19(21)10-3-11-19/h1-2,4-9H,3,10-12,21H2. The van der Waals surface area contributed by atoms with E-state index in [2.05, 4.69) is 10.1 Å². The summed E-state index contributed by atoms with van der Waals surface area (Å²) < 4.78 is 11.4. The van der Waals surface area contributed by atoms with Gasteiger partial charge >= 0.3 is 0 Å². The monoisotopic (exact) mass is 355 g/mol. The largest absolute Gasteiger partial charge is 0.488 e. The number of benzene rings is 2. The second kappa shape index (κ2) is 6.50. The van der Waals surface area contributed by atoms with Crippen LogP contribution in [-0.2, 0) is 12.1 Å². The van der Waals surface area contributed by atoms with E-state index in [0.717, 1.165) is 30.4 Å². The molecule has 0 aliphatic heterocycles. The molecule has 2 N–H and O–H groups in total. The van der Waals surface area contributed by atoms with Gasteiger partial charge in [0, 0.05) is 5.02 Å². The van der Waals surface area contributed by atoms with Crippen LogP contribution < -0.4 is 10.5 Å². The Bertz CT molecular complexity index is 872. The quantitative estimate of drug-likeness (QED) is 0.738. The van der Waals surface area contributed by atoms with E-state index in [4.69, 9.17) is 26.6 Å². The third-order valence-corrected chi connectivity index (χ3v) is 4.79. The van der Waals surface area contributed by atoms with Crippen LogP contribution in [-0.4, -0.2) is 10.1 Å². The minimum Gasteiger partial charge on any atom is -0.488 e. The molecule has 0 unspecified atom stereocenters. The lowest BCUT2D eigenvalue weighted by Crippen LogP contribution is -2.44. The van der Waals surface area contributed by atoms with Gasteiger partial charge in [-0.05, 0) is 49.1 Å². The lowest BCUT2D eigenvalue weighted by Gasteiger charge is -2.34. The molecule has 0 amide bonds. The number of ether oxygens (including phenoxy) is 1. The topological polar surface area (TPSA) is 74.2 Å². The molecule has 0 saturated heterocycles. The van der Waals surface area contributed by atoms with Crippen molar-refractivity contribution in [3.8, 4) is 17.2 Å². The van der Waals surface area contributed by atoms with Crippen molar-refractivity contribution >= 4 is 11.6 Å². The lowest BCUT2D eigenvalue weighted by atomic mass is 9.77. The van der Waals surface area contributed by atoms with Gasteiger partial charge in [0.1, 0.15) is 12.4 Å². The van der Waals surface area contributed by atoms with Crippen molar-refractivity contribution in [1.82, 2.24) is 10.1 Å². The van der Waals surface area contributed by atoms with Gasteiger partial charge in [-0.15, -0.1) is 0 Å². The van der Waals surface area contributed by atoms with Crippen molar-refractivity contribution in [2.75, 3.05) is 0 Å². The van der Waals surface area contributed by atoms with E-state index in [1.165, 1.54) is 0 Å². The molecule has 1 fully saturated rings. The van der Waals surface area contributed by atoms with Gasteiger partial charge < -0.3 is 15.0 Å². The van der Waals surface area contributed by atoms with Crippen LogP contribution in [0, 0.1) is 0 Å². The molecule has 1 aliphatic carbocycles. The second-order valence-corrected chi connectivity index (χ2v) is 6.78.